The van der Waals surface area contributed by atoms with Gasteiger partial charge in [0.15, 0.2) is 8.32 Å². The highest BCUT2D eigenvalue weighted by Crippen LogP contribution is 2.40. The van der Waals surface area contributed by atoms with E-state index in [9.17, 15) is 26.7 Å². The normalized spacial score (nSPS) is 26.9. The lowest BCUT2D eigenvalue weighted by molar-refractivity contribution is -0.0539. The predicted octanol–water partition coefficient (Wildman–Crippen LogP) is 3.53. The van der Waals surface area contributed by atoms with Crippen molar-refractivity contribution in [2.75, 3.05) is 0 Å². The van der Waals surface area contributed by atoms with Crippen LogP contribution in [0, 0.1) is 5.92 Å². The minimum absolute atomic E-state index is 0.145. The molecule has 0 aliphatic heterocycles. The molecule has 0 fully saturated rings. The number of hydrogen-bond acceptors (Lipinski definition) is 5. The van der Waals surface area contributed by atoms with Crippen molar-refractivity contribution in [3.8, 4) is 0 Å². The van der Waals surface area contributed by atoms with Crippen molar-refractivity contribution in [3.63, 3.8) is 0 Å². The summed E-state index contributed by atoms with van der Waals surface area (Å²) >= 11 is 0. The largest absolute Gasteiger partial charge is 0.534 e. The van der Waals surface area contributed by atoms with E-state index in [2.05, 4.69) is 4.18 Å². The summed E-state index contributed by atoms with van der Waals surface area (Å²) in [5.41, 5.74) is -5.52. The van der Waals surface area contributed by atoms with E-state index >= 15 is 0 Å². The van der Waals surface area contributed by atoms with Crippen LogP contribution in [0.25, 0.3) is 0 Å². The Morgan fingerprint density at radius 2 is 1.75 bits per heavy atom. The monoisotopic (exact) mass is 390 g/mol. The van der Waals surface area contributed by atoms with E-state index in [1.54, 1.807) is 0 Å². The summed E-state index contributed by atoms with van der Waals surface area (Å²) in [6.07, 6.45) is -0.341. The minimum atomic E-state index is -5.77. The molecule has 0 aromatic rings. The lowest BCUT2D eigenvalue weighted by Gasteiger charge is -2.41. The van der Waals surface area contributed by atoms with Crippen LogP contribution in [0.1, 0.15) is 34.1 Å². The van der Waals surface area contributed by atoms with Crippen molar-refractivity contribution < 1.29 is 35.3 Å². The highest BCUT2D eigenvalue weighted by atomic mass is 32.2. The van der Waals surface area contributed by atoms with E-state index < -0.39 is 47.8 Å². The van der Waals surface area contributed by atoms with E-state index in [0.29, 0.717) is 0 Å². The third-order valence-corrected chi connectivity index (χ3v) is 10.1. The van der Waals surface area contributed by atoms with Gasteiger partial charge in [0.25, 0.3) is 0 Å². The average molecular weight is 390 g/mol. The molecule has 1 N–H and O–H groups in total. The van der Waals surface area contributed by atoms with Gasteiger partial charge in [0, 0.05) is 12.3 Å². The van der Waals surface area contributed by atoms with E-state index in [0.717, 1.165) is 0 Å². The summed E-state index contributed by atoms with van der Waals surface area (Å²) in [6.45, 7) is 11.3. The number of halogens is 3. The number of aliphatic hydroxyl groups is 1. The number of rotatable bonds is 4. The van der Waals surface area contributed by atoms with Crippen LogP contribution in [-0.4, -0.2) is 39.6 Å². The Morgan fingerprint density at radius 3 is 2.17 bits per heavy atom. The highest BCUT2D eigenvalue weighted by Gasteiger charge is 2.50. The summed E-state index contributed by atoms with van der Waals surface area (Å²) in [7, 11) is -8.02. The highest BCUT2D eigenvalue weighted by molar-refractivity contribution is 7.87. The first-order valence-corrected chi connectivity index (χ1v) is 11.9. The van der Waals surface area contributed by atoms with Crippen molar-refractivity contribution >= 4 is 18.4 Å². The van der Waals surface area contributed by atoms with Crippen LogP contribution < -0.4 is 0 Å². The molecule has 0 radical (unpaired) electrons. The van der Waals surface area contributed by atoms with Gasteiger partial charge in [-0.3, -0.25) is 0 Å². The van der Waals surface area contributed by atoms with Crippen LogP contribution in [0.15, 0.2) is 11.8 Å². The first-order valence-electron chi connectivity index (χ1n) is 7.56. The van der Waals surface area contributed by atoms with Crippen LogP contribution >= 0.6 is 0 Å². The zero-order chi connectivity index (χ0) is 19.1. The fourth-order valence-electron chi connectivity index (χ4n) is 1.95. The Hall–Kier alpha value is -0.583. The van der Waals surface area contributed by atoms with Gasteiger partial charge in [-0.2, -0.15) is 21.6 Å². The summed E-state index contributed by atoms with van der Waals surface area (Å²) < 4.78 is 70.3. The molecule has 24 heavy (non-hydrogen) atoms. The smallest absolute Gasteiger partial charge is 0.410 e. The van der Waals surface area contributed by atoms with Crippen molar-refractivity contribution in [1.29, 1.82) is 0 Å². The van der Waals surface area contributed by atoms with E-state index in [1.165, 1.54) is 13.0 Å². The second kappa shape index (κ2) is 6.62. The fraction of sp³-hybridized carbons (Fsp3) is 0.857. The van der Waals surface area contributed by atoms with Gasteiger partial charge in [0.05, 0.1) is 12.2 Å². The first-order chi connectivity index (χ1) is 10.5. The second-order valence-corrected chi connectivity index (χ2v) is 13.9. The molecular formula is C14H25F3O5SSi. The van der Waals surface area contributed by atoms with Gasteiger partial charge in [-0.25, -0.2) is 0 Å². The molecule has 0 saturated heterocycles. The van der Waals surface area contributed by atoms with Crippen LogP contribution in [0.5, 0.6) is 0 Å². The third kappa shape index (κ3) is 4.74. The van der Waals surface area contributed by atoms with Gasteiger partial charge in [0.1, 0.15) is 5.76 Å². The summed E-state index contributed by atoms with van der Waals surface area (Å²) in [4.78, 5) is 0. The molecule has 1 aliphatic rings. The Bertz CT molecular complexity index is 593. The predicted molar refractivity (Wildman–Crippen MR) is 86.0 cm³/mol. The van der Waals surface area contributed by atoms with Gasteiger partial charge in [0.2, 0.25) is 0 Å². The van der Waals surface area contributed by atoms with E-state index in [4.69, 9.17) is 4.43 Å². The topological polar surface area (TPSA) is 72.8 Å². The SMILES string of the molecule is C[C@@H]1C(OS(=O)(=O)C(F)(F)F)=C[C@@H](O[Si](C)(C)C(C)(C)C)C[C@H]1O. The van der Waals surface area contributed by atoms with Gasteiger partial charge in [-0.05, 0) is 24.2 Å². The molecule has 0 bridgehead atoms. The maximum Gasteiger partial charge on any atom is 0.534 e. The molecule has 3 atom stereocenters. The zero-order valence-corrected chi connectivity index (χ0v) is 16.5. The summed E-state index contributed by atoms with van der Waals surface area (Å²) in [6, 6.07) is 0. The van der Waals surface area contributed by atoms with Crippen LogP contribution in [0.2, 0.25) is 18.1 Å². The fourth-order valence-corrected chi connectivity index (χ4v) is 3.78. The standard InChI is InChI=1S/C14H25F3O5SSi/c1-9-11(18)7-10(22-24(5,6)13(2,3)4)8-12(9)21-23(19,20)14(15,16)17/h8-11,18H,7H2,1-6H3/t9-,10-,11+/m0/s1. The van der Waals surface area contributed by atoms with Crippen LogP contribution in [0.4, 0.5) is 13.2 Å². The van der Waals surface area contributed by atoms with Gasteiger partial charge in [-0.1, -0.05) is 27.7 Å². The molecule has 0 amide bonds. The number of hydrogen-bond donors (Lipinski definition) is 1. The van der Waals surface area contributed by atoms with Crippen molar-refractivity contribution in [1.82, 2.24) is 0 Å². The lowest BCUT2D eigenvalue weighted by atomic mass is 9.91. The quantitative estimate of drug-likeness (QED) is 0.452. The Labute approximate surface area is 142 Å². The van der Waals surface area contributed by atoms with E-state index in [1.807, 2.05) is 33.9 Å². The molecule has 0 heterocycles. The maximum atomic E-state index is 12.5. The second-order valence-electron chi connectivity index (χ2n) is 7.56. The van der Waals surface area contributed by atoms with Crippen molar-refractivity contribution in [3.05, 3.63) is 11.8 Å². The molecule has 0 aromatic heterocycles. The first kappa shape index (κ1) is 21.5. The van der Waals surface area contributed by atoms with Gasteiger partial charge >= 0.3 is 15.6 Å². The Balaban J connectivity index is 3.09. The zero-order valence-electron chi connectivity index (χ0n) is 14.6. The molecule has 1 aliphatic carbocycles. The van der Waals surface area contributed by atoms with Gasteiger partial charge < -0.3 is 13.7 Å². The molecule has 10 heteroatoms. The van der Waals surface area contributed by atoms with Crippen molar-refractivity contribution in [2.24, 2.45) is 5.92 Å². The Morgan fingerprint density at radius 1 is 1.25 bits per heavy atom. The Kier molecular flexibility index (Phi) is 5.92. The maximum absolute atomic E-state index is 12.5. The van der Waals surface area contributed by atoms with Crippen molar-refractivity contribution in [2.45, 2.75) is 70.0 Å². The molecule has 0 saturated carbocycles. The molecule has 0 unspecified atom stereocenters. The number of alkyl halides is 3. The molecule has 142 valence electrons. The third-order valence-electron chi connectivity index (χ3n) is 4.59. The van der Waals surface area contributed by atoms with E-state index in [-0.39, 0.29) is 11.5 Å². The summed E-state index contributed by atoms with van der Waals surface area (Å²) in [5, 5.41) is 9.91. The lowest BCUT2D eigenvalue weighted by Crippen LogP contribution is -2.46. The minimum Gasteiger partial charge on any atom is -0.410 e. The number of aliphatic hydroxyl groups excluding tert-OH is 1. The van der Waals surface area contributed by atoms with Gasteiger partial charge in [-0.15, -0.1) is 0 Å². The van der Waals surface area contributed by atoms with Crippen LogP contribution in [0.3, 0.4) is 0 Å². The van der Waals surface area contributed by atoms with Crippen LogP contribution in [-0.2, 0) is 18.7 Å². The average Bonchev–Trinajstić information content (AvgIpc) is 2.31. The molecule has 0 aromatic carbocycles. The summed E-state index contributed by atoms with van der Waals surface area (Å²) in [5.74, 6) is -1.31. The molecule has 0 spiro atoms. The molecular weight excluding hydrogens is 365 g/mol. The molecule has 5 nitrogen and oxygen atoms in total. The molecule has 1 rings (SSSR count).